The van der Waals surface area contributed by atoms with E-state index in [4.69, 9.17) is 15.2 Å². The summed E-state index contributed by atoms with van der Waals surface area (Å²) in [5.41, 5.74) is 6.97. The molecule has 1 aromatic carbocycles. The highest BCUT2D eigenvalue weighted by Crippen LogP contribution is 2.29. The molecule has 1 aliphatic rings. The van der Waals surface area contributed by atoms with Crippen LogP contribution in [-0.4, -0.2) is 64.0 Å². The van der Waals surface area contributed by atoms with Crippen LogP contribution in [0.4, 0.5) is 19.1 Å². The van der Waals surface area contributed by atoms with Crippen molar-refractivity contribution in [1.82, 2.24) is 24.5 Å². The van der Waals surface area contributed by atoms with E-state index in [1.807, 2.05) is 0 Å². The number of ether oxygens (including phenoxy) is 2. The molecular weight excluding hydrogens is 365 g/mol. The maximum atomic E-state index is 12.7. The molecule has 1 fully saturated rings. The molecule has 3 aromatic rings. The smallest absolute Gasteiger partial charge is 0.401 e. The average molecular weight is 382 g/mol. The molecule has 1 unspecified atom stereocenters. The number of para-hydroxylation sites is 1. The van der Waals surface area contributed by atoms with Gasteiger partial charge in [-0.3, -0.25) is 4.90 Å². The third-order valence-electron chi connectivity index (χ3n) is 4.37. The van der Waals surface area contributed by atoms with E-state index in [-0.39, 0.29) is 31.5 Å². The van der Waals surface area contributed by atoms with Crippen molar-refractivity contribution < 1.29 is 22.6 Å². The maximum Gasteiger partial charge on any atom is 0.401 e. The van der Waals surface area contributed by atoms with Crippen molar-refractivity contribution in [3.8, 4) is 5.75 Å². The molecule has 0 saturated carbocycles. The molecule has 11 heteroatoms. The van der Waals surface area contributed by atoms with Crippen LogP contribution in [-0.2, 0) is 4.74 Å². The summed E-state index contributed by atoms with van der Waals surface area (Å²) in [6.07, 6.45) is -4.95. The standard InChI is InChI=1S/C16H17F3N6O2/c1-26-10-4-2-3-9-12(10)21-15(20)25-14(9)22-13(23-25)11-7-24(5-6-27-11)8-16(17,18)19/h2-4,11H,5-8H2,1H3,(H2,20,21). The first-order valence-electron chi connectivity index (χ1n) is 8.25. The second kappa shape index (κ2) is 6.50. The summed E-state index contributed by atoms with van der Waals surface area (Å²) in [6, 6.07) is 5.34. The lowest BCUT2D eigenvalue weighted by Crippen LogP contribution is -2.43. The van der Waals surface area contributed by atoms with Crippen molar-refractivity contribution in [2.24, 2.45) is 0 Å². The summed E-state index contributed by atoms with van der Waals surface area (Å²) >= 11 is 0. The molecule has 2 N–H and O–H groups in total. The summed E-state index contributed by atoms with van der Waals surface area (Å²) < 4.78 is 50.3. The summed E-state index contributed by atoms with van der Waals surface area (Å²) in [7, 11) is 1.52. The fourth-order valence-electron chi connectivity index (χ4n) is 3.20. The van der Waals surface area contributed by atoms with Crippen molar-refractivity contribution in [2.75, 3.05) is 39.1 Å². The molecule has 4 rings (SSSR count). The number of hydrogen-bond donors (Lipinski definition) is 1. The highest BCUT2D eigenvalue weighted by Gasteiger charge is 2.35. The zero-order valence-electron chi connectivity index (χ0n) is 14.4. The van der Waals surface area contributed by atoms with E-state index in [0.29, 0.717) is 22.3 Å². The van der Waals surface area contributed by atoms with Gasteiger partial charge in [-0.05, 0) is 12.1 Å². The van der Waals surface area contributed by atoms with Crippen LogP contribution in [0, 0.1) is 0 Å². The molecule has 0 aliphatic carbocycles. The molecule has 0 spiro atoms. The van der Waals surface area contributed by atoms with Crippen molar-refractivity contribution >= 4 is 22.5 Å². The fourth-order valence-corrected chi connectivity index (χ4v) is 3.20. The summed E-state index contributed by atoms with van der Waals surface area (Å²) in [6.45, 7) is -0.582. The monoisotopic (exact) mass is 382 g/mol. The number of benzene rings is 1. The molecule has 3 heterocycles. The molecule has 144 valence electrons. The Morgan fingerprint density at radius 2 is 2.15 bits per heavy atom. The van der Waals surface area contributed by atoms with Crippen LogP contribution < -0.4 is 10.5 Å². The quantitative estimate of drug-likeness (QED) is 0.739. The van der Waals surface area contributed by atoms with Crippen LogP contribution in [0.25, 0.3) is 16.6 Å². The van der Waals surface area contributed by atoms with Gasteiger partial charge in [-0.1, -0.05) is 6.07 Å². The van der Waals surface area contributed by atoms with Crippen LogP contribution in [0.5, 0.6) is 5.75 Å². The van der Waals surface area contributed by atoms with Crippen molar-refractivity contribution in [1.29, 1.82) is 0 Å². The number of hydrogen-bond acceptors (Lipinski definition) is 7. The lowest BCUT2D eigenvalue weighted by atomic mass is 10.2. The van der Waals surface area contributed by atoms with Crippen LogP contribution in [0.3, 0.4) is 0 Å². The summed E-state index contributed by atoms with van der Waals surface area (Å²) in [5.74, 6) is 0.908. The van der Waals surface area contributed by atoms with E-state index in [1.165, 1.54) is 16.5 Å². The van der Waals surface area contributed by atoms with E-state index < -0.39 is 18.8 Å². The molecule has 1 aliphatic heterocycles. The Morgan fingerprint density at radius 1 is 1.33 bits per heavy atom. The molecule has 0 amide bonds. The van der Waals surface area contributed by atoms with Crippen molar-refractivity contribution in [3.05, 3.63) is 24.0 Å². The number of alkyl halides is 3. The van der Waals surface area contributed by atoms with Gasteiger partial charge in [-0.15, -0.1) is 5.10 Å². The maximum absolute atomic E-state index is 12.7. The van der Waals surface area contributed by atoms with Crippen LogP contribution in [0.2, 0.25) is 0 Å². The number of halogens is 3. The van der Waals surface area contributed by atoms with Gasteiger partial charge in [0.1, 0.15) is 17.4 Å². The number of nitrogen functional groups attached to an aromatic ring is 1. The first-order valence-corrected chi connectivity index (χ1v) is 8.25. The molecular formula is C16H17F3N6O2. The van der Waals surface area contributed by atoms with Gasteiger partial charge in [0.15, 0.2) is 11.5 Å². The number of aromatic nitrogens is 4. The number of nitrogens with two attached hydrogens (primary N) is 1. The number of fused-ring (bicyclic) bond motifs is 3. The highest BCUT2D eigenvalue weighted by atomic mass is 19.4. The Hall–Kier alpha value is -2.66. The fraction of sp³-hybridized carbons (Fsp3) is 0.438. The van der Waals surface area contributed by atoms with Crippen molar-refractivity contribution in [3.63, 3.8) is 0 Å². The molecule has 2 aromatic heterocycles. The lowest BCUT2D eigenvalue weighted by molar-refractivity contribution is -0.160. The van der Waals surface area contributed by atoms with Gasteiger partial charge in [-0.25, -0.2) is 9.97 Å². The van der Waals surface area contributed by atoms with Gasteiger partial charge < -0.3 is 15.2 Å². The average Bonchev–Trinajstić information content (AvgIpc) is 3.06. The van der Waals surface area contributed by atoms with E-state index in [1.54, 1.807) is 18.2 Å². The van der Waals surface area contributed by atoms with Crippen LogP contribution >= 0.6 is 0 Å². The normalized spacial score (nSPS) is 19.0. The first kappa shape index (κ1) is 17.7. The molecule has 1 saturated heterocycles. The Morgan fingerprint density at radius 3 is 2.89 bits per heavy atom. The number of rotatable bonds is 3. The molecule has 0 bridgehead atoms. The lowest BCUT2D eigenvalue weighted by Gasteiger charge is -2.31. The number of nitrogens with zero attached hydrogens (tertiary/aromatic N) is 5. The second-order valence-electron chi connectivity index (χ2n) is 6.24. The minimum atomic E-state index is -4.27. The number of methoxy groups -OCH3 is 1. The highest BCUT2D eigenvalue weighted by molar-refractivity contribution is 5.95. The van der Waals surface area contributed by atoms with Crippen LogP contribution in [0.1, 0.15) is 11.9 Å². The van der Waals surface area contributed by atoms with E-state index in [9.17, 15) is 13.2 Å². The Kier molecular flexibility index (Phi) is 4.27. The Balaban J connectivity index is 1.73. The van der Waals surface area contributed by atoms with E-state index in [2.05, 4.69) is 15.1 Å². The third kappa shape index (κ3) is 3.35. The zero-order chi connectivity index (χ0) is 19.2. The minimum Gasteiger partial charge on any atom is -0.494 e. The van der Waals surface area contributed by atoms with Gasteiger partial charge in [0, 0.05) is 18.5 Å². The molecule has 27 heavy (non-hydrogen) atoms. The Labute approximate surface area is 151 Å². The first-order chi connectivity index (χ1) is 12.9. The molecule has 8 nitrogen and oxygen atoms in total. The topological polar surface area (TPSA) is 90.8 Å². The third-order valence-corrected chi connectivity index (χ3v) is 4.37. The number of anilines is 1. The summed E-state index contributed by atoms with van der Waals surface area (Å²) in [4.78, 5) is 10.1. The number of morpholine rings is 1. The molecule has 1 atom stereocenters. The largest absolute Gasteiger partial charge is 0.494 e. The van der Waals surface area contributed by atoms with Gasteiger partial charge >= 0.3 is 6.18 Å². The Bertz CT molecular complexity index is 990. The second-order valence-corrected chi connectivity index (χ2v) is 6.24. The van der Waals surface area contributed by atoms with Crippen molar-refractivity contribution in [2.45, 2.75) is 12.3 Å². The predicted molar refractivity (Wildman–Crippen MR) is 90.4 cm³/mol. The minimum absolute atomic E-state index is 0.0466. The van der Waals surface area contributed by atoms with E-state index >= 15 is 0 Å². The SMILES string of the molecule is COc1cccc2c1nc(N)n1nc(C3CN(CC(F)(F)F)CCO3)nc21. The van der Waals surface area contributed by atoms with Gasteiger partial charge in [0.05, 0.1) is 20.3 Å². The summed E-state index contributed by atoms with van der Waals surface area (Å²) in [5, 5.41) is 4.99. The van der Waals surface area contributed by atoms with E-state index in [0.717, 1.165) is 0 Å². The predicted octanol–water partition coefficient (Wildman–Crippen LogP) is 1.80. The van der Waals surface area contributed by atoms with Gasteiger partial charge in [0.25, 0.3) is 0 Å². The van der Waals surface area contributed by atoms with Gasteiger partial charge in [-0.2, -0.15) is 17.7 Å². The molecule has 0 radical (unpaired) electrons. The van der Waals surface area contributed by atoms with Crippen LogP contribution in [0.15, 0.2) is 18.2 Å². The zero-order valence-corrected chi connectivity index (χ0v) is 14.4. The van der Waals surface area contributed by atoms with Gasteiger partial charge in [0.2, 0.25) is 5.95 Å².